The fourth-order valence-corrected chi connectivity index (χ4v) is 2.80. The lowest BCUT2D eigenvalue weighted by atomic mass is 10.1. The van der Waals surface area contributed by atoms with E-state index in [2.05, 4.69) is 15.0 Å². The smallest absolute Gasteiger partial charge is 0.142 e. The summed E-state index contributed by atoms with van der Waals surface area (Å²) in [6.45, 7) is 3.66. The van der Waals surface area contributed by atoms with Crippen molar-refractivity contribution in [3.05, 3.63) is 23.5 Å². The molecule has 1 aliphatic heterocycles. The summed E-state index contributed by atoms with van der Waals surface area (Å²) in [6, 6.07) is 3.43. The Labute approximate surface area is 126 Å². The normalized spacial score (nSPS) is 17.1. The van der Waals surface area contributed by atoms with E-state index in [0.29, 0.717) is 5.69 Å². The molecule has 1 aromatic rings. The maximum Gasteiger partial charge on any atom is 0.142 e. The van der Waals surface area contributed by atoms with Gasteiger partial charge >= 0.3 is 0 Å². The van der Waals surface area contributed by atoms with E-state index in [4.69, 9.17) is 5.21 Å². The highest BCUT2D eigenvalue weighted by Crippen LogP contribution is 2.15. The van der Waals surface area contributed by atoms with Crippen molar-refractivity contribution in [3.8, 4) is 5.75 Å². The number of oxime groups is 1. The lowest BCUT2D eigenvalue weighted by molar-refractivity contribution is 0.279. The molecule has 5 heteroatoms. The highest BCUT2D eigenvalue weighted by molar-refractivity contribution is 5.80. The molecule has 0 radical (unpaired) electrons. The van der Waals surface area contributed by atoms with Gasteiger partial charge in [0.2, 0.25) is 0 Å². The Balaban J connectivity index is 1.74. The van der Waals surface area contributed by atoms with Crippen LogP contribution in [0, 0.1) is 0 Å². The van der Waals surface area contributed by atoms with Gasteiger partial charge in [-0.15, -0.1) is 0 Å². The molecule has 1 fully saturated rings. The number of aromatic nitrogens is 1. The monoisotopic (exact) mass is 291 g/mol. The molecule has 0 amide bonds. The molecule has 0 aliphatic carbocycles. The number of unbranched alkanes of at least 4 members (excludes halogenated alkanes) is 1. The quantitative estimate of drug-likeness (QED) is 0.366. The maximum absolute atomic E-state index is 9.56. The number of rotatable bonds is 6. The van der Waals surface area contributed by atoms with E-state index in [-0.39, 0.29) is 5.75 Å². The summed E-state index contributed by atoms with van der Waals surface area (Å²) in [7, 11) is 0. The van der Waals surface area contributed by atoms with Gasteiger partial charge in [-0.1, -0.05) is 18.0 Å². The summed E-state index contributed by atoms with van der Waals surface area (Å²) < 4.78 is 0. The summed E-state index contributed by atoms with van der Waals surface area (Å²) in [4.78, 5) is 6.86. The lowest BCUT2D eigenvalue weighted by Gasteiger charge is -2.19. The molecule has 0 spiro atoms. The Morgan fingerprint density at radius 1 is 1.14 bits per heavy atom. The Morgan fingerprint density at radius 2 is 1.90 bits per heavy atom. The molecule has 1 aliphatic rings. The van der Waals surface area contributed by atoms with Crippen LogP contribution in [-0.4, -0.2) is 46.0 Å². The maximum atomic E-state index is 9.56. The fourth-order valence-electron chi connectivity index (χ4n) is 2.80. The van der Waals surface area contributed by atoms with Crippen molar-refractivity contribution in [1.29, 1.82) is 0 Å². The molecule has 0 aromatic carbocycles. The molecule has 0 unspecified atom stereocenters. The molecule has 5 nitrogen and oxygen atoms in total. The highest BCUT2D eigenvalue weighted by Gasteiger charge is 2.08. The van der Waals surface area contributed by atoms with Crippen LogP contribution in [0.3, 0.4) is 0 Å². The van der Waals surface area contributed by atoms with Gasteiger partial charge in [-0.05, 0) is 63.9 Å². The van der Waals surface area contributed by atoms with E-state index >= 15 is 0 Å². The molecule has 2 rings (SSSR count). The first kappa shape index (κ1) is 15.8. The average Bonchev–Trinajstić information content (AvgIpc) is 2.76. The van der Waals surface area contributed by atoms with Crippen molar-refractivity contribution < 1.29 is 10.3 Å². The molecular weight excluding hydrogens is 266 g/mol. The average molecular weight is 291 g/mol. The molecule has 0 atom stereocenters. The minimum atomic E-state index is 0.0427. The number of aryl methyl sites for hydroxylation is 1. The van der Waals surface area contributed by atoms with Crippen molar-refractivity contribution in [1.82, 2.24) is 9.88 Å². The number of nitrogens with zero attached hydrogens (tertiary/aromatic N) is 3. The van der Waals surface area contributed by atoms with Crippen LogP contribution in [-0.2, 0) is 6.42 Å². The van der Waals surface area contributed by atoms with Crippen LogP contribution in [0.15, 0.2) is 17.3 Å². The van der Waals surface area contributed by atoms with Crippen LogP contribution in [0.4, 0.5) is 0 Å². The number of hydrogen-bond acceptors (Lipinski definition) is 5. The number of likely N-dealkylation sites (tertiary alicyclic amines) is 1. The Kier molecular flexibility index (Phi) is 6.47. The largest absolute Gasteiger partial charge is 0.506 e. The first-order valence-corrected chi connectivity index (χ1v) is 7.88. The van der Waals surface area contributed by atoms with Gasteiger partial charge in [0.25, 0.3) is 0 Å². The van der Waals surface area contributed by atoms with Crippen molar-refractivity contribution >= 4 is 6.21 Å². The van der Waals surface area contributed by atoms with E-state index in [9.17, 15) is 5.11 Å². The fraction of sp³-hybridized carbons (Fsp3) is 0.625. The van der Waals surface area contributed by atoms with Crippen LogP contribution in [0.5, 0.6) is 5.75 Å². The van der Waals surface area contributed by atoms with E-state index in [1.165, 1.54) is 51.7 Å². The zero-order valence-electron chi connectivity index (χ0n) is 12.5. The van der Waals surface area contributed by atoms with Crippen molar-refractivity contribution in [3.63, 3.8) is 0 Å². The second-order valence-corrected chi connectivity index (χ2v) is 5.66. The van der Waals surface area contributed by atoms with E-state index in [1.807, 2.05) is 6.07 Å². The molecule has 2 N–H and O–H groups in total. The van der Waals surface area contributed by atoms with Gasteiger partial charge in [-0.3, -0.25) is 0 Å². The van der Waals surface area contributed by atoms with Crippen LogP contribution in [0.2, 0.25) is 0 Å². The minimum Gasteiger partial charge on any atom is -0.506 e. The van der Waals surface area contributed by atoms with Gasteiger partial charge in [0, 0.05) is 5.69 Å². The van der Waals surface area contributed by atoms with Gasteiger partial charge in [0.15, 0.2) is 0 Å². The standard InChI is InChI=1S/C16H25N3O2/c20-16-9-8-14(18-15(16)13-17-21)7-3-6-12-19-10-4-1-2-5-11-19/h8-9,13,20-21H,1-7,10-12H2. The number of pyridine rings is 1. The first-order valence-electron chi connectivity index (χ1n) is 7.88. The third-order valence-electron chi connectivity index (χ3n) is 4.00. The minimum absolute atomic E-state index is 0.0427. The topological polar surface area (TPSA) is 69.0 Å². The van der Waals surface area contributed by atoms with Crippen LogP contribution < -0.4 is 0 Å². The van der Waals surface area contributed by atoms with Gasteiger partial charge in [0.05, 0.1) is 6.21 Å². The Morgan fingerprint density at radius 3 is 2.62 bits per heavy atom. The Bertz CT molecular complexity index is 455. The predicted octanol–water partition coefficient (Wildman–Crippen LogP) is 2.79. The lowest BCUT2D eigenvalue weighted by Crippen LogP contribution is -2.25. The van der Waals surface area contributed by atoms with Gasteiger partial charge in [-0.2, -0.15) is 0 Å². The van der Waals surface area contributed by atoms with Crippen LogP contribution in [0.1, 0.15) is 49.9 Å². The Hall–Kier alpha value is -1.62. The molecule has 1 aromatic heterocycles. The summed E-state index contributed by atoms with van der Waals surface area (Å²) in [5.74, 6) is 0.0427. The zero-order valence-corrected chi connectivity index (χ0v) is 12.5. The SMILES string of the molecule is ON=Cc1nc(CCCCN2CCCCCC2)ccc1O. The molecule has 116 valence electrons. The molecule has 0 saturated carbocycles. The third kappa shape index (κ3) is 5.34. The zero-order chi connectivity index (χ0) is 14.9. The summed E-state index contributed by atoms with van der Waals surface area (Å²) >= 11 is 0. The molecule has 21 heavy (non-hydrogen) atoms. The van der Waals surface area contributed by atoms with Gasteiger partial charge < -0.3 is 15.2 Å². The molecule has 0 bridgehead atoms. The third-order valence-corrected chi connectivity index (χ3v) is 4.00. The van der Waals surface area contributed by atoms with Crippen molar-refractivity contribution in [2.24, 2.45) is 5.16 Å². The van der Waals surface area contributed by atoms with E-state index in [1.54, 1.807) is 6.07 Å². The molecule has 2 heterocycles. The first-order chi connectivity index (χ1) is 10.3. The summed E-state index contributed by atoms with van der Waals surface area (Å²) in [5, 5.41) is 21.0. The van der Waals surface area contributed by atoms with Gasteiger partial charge in [0.1, 0.15) is 11.4 Å². The van der Waals surface area contributed by atoms with Crippen molar-refractivity contribution in [2.75, 3.05) is 19.6 Å². The highest BCUT2D eigenvalue weighted by atomic mass is 16.4. The summed E-state index contributed by atoms with van der Waals surface area (Å²) in [6.07, 6.45) is 9.74. The predicted molar refractivity (Wildman–Crippen MR) is 83.1 cm³/mol. The van der Waals surface area contributed by atoms with Crippen LogP contribution in [0.25, 0.3) is 0 Å². The van der Waals surface area contributed by atoms with Crippen LogP contribution >= 0.6 is 0 Å². The van der Waals surface area contributed by atoms with Gasteiger partial charge in [-0.25, -0.2) is 4.98 Å². The molecule has 1 saturated heterocycles. The van der Waals surface area contributed by atoms with Crippen molar-refractivity contribution in [2.45, 2.75) is 44.9 Å². The number of aromatic hydroxyl groups is 1. The number of hydrogen-bond donors (Lipinski definition) is 2. The van der Waals surface area contributed by atoms with E-state index < -0.39 is 0 Å². The van der Waals surface area contributed by atoms with E-state index in [0.717, 1.165) is 24.8 Å². The molecular formula is C16H25N3O2. The second-order valence-electron chi connectivity index (χ2n) is 5.66. The second kappa shape index (κ2) is 8.62. The summed E-state index contributed by atoms with van der Waals surface area (Å²) in [5.41, 5.74) is 1.25.